The number of nitrogens with one attached hydrogen (secondary N) is 1. The molecule has 1 N–H and O–H groups in total. The maximum absolute atomic E-state index is 11.9. The zero-order chi connectivity index (χ0) is 12.1. The van der Waals surface area contributed by atoms with E-state index in [0.717, 1.165) is 0 Å². The van der Waals surface area contributed by atoms with Gasteiger partial charge in [-0.05, 0) is 5.92 Å². The summed E-state index contributed by atoms with van der Waals surface area (Å²) in [6.07, 6.45) is 1.39. The highest BCUT2D eigenvalue weighted by atomic mass is 16.2. The molecular weight excluding hydrogens is 206 g/mol. The predicted octanol–water partition coefficient (Wildman–Crippen LogP) is 0.559. The second-order valence-electron chi connectivity index (χ2n) is 3.98. The summed E-state index contributed by atoms with van der Waals surface area (Å²) in [6.45, 7) is 4.05. The number of rotatable bonds is 4. The lowest BCUT2D eigenvalue weighted by molar-refractivity contribution is -0.134. The molecule has 0 saturated heterocycles. The molecule has 0 aromatic carbocycles. The van der Waals surface area contributed by atoms with E-state index in [1.807, 2.05) is 19.9 Å². The molecule has 6 nitrogen and oxygen atoms in total. The Balaban J connectivity index is 2.64. The van der Waals surface area contributed by atoms with E-state index in [-0.39, 0.29) is 11.8 Å². The molecule has 0 aliphatic carbocycles. The Morgan fingerprint density at radius 3 is 2.81 bits per heavy atom. The van der Waals surface area contributed by atoms with Crippen molar-refractivity contribution >= 4 is 5.91 Å². The largest absolute Gasteiger partial charge is 0.337 e. The number of H-pyrrole nitrogens is 1. The van der Waals surface area contributed by atoms with Gasteiger partial charge in [0.2, 0.25) is 5.91 Å². The van der Waals surface area contributed by atoms with Gasteiger partial charge in [-0.15, -0.1) is 0 Å². The van der Waals surface area contributed by atoms with E-state index in [1.165, 1.54) is 11.2 Å². The Morgan fingerprint density at radius 2 is 2.38 bits per heavy atom. The van der Waals surface area contributed by atoms with E-state index < -0.39 is 5.92 Å². The molecule has 1 atom stereocenters. The van der Waals surface area contributed by atoms with Crippen molar-refractivity contribution < 1.29 is 4.79 Å². The van der Waals surface area contributed by atoms with Gasteiger partial charge in [0, 0.05) is 7.05 Å². The summed E-state index contributed by atoms with van der Waals surface area (Å²) in [6, 6.07) is 2.02. The molecule has 0 spiro atoms. The summed E-state index contributed by atoms with van der Waals surface area (Å²) >= 11 is 0. The third-order valence-corrected chi connectivity index (χ3v) is 2.30. The first-order valence-corrected chi connectivity index (χ1v) is 5.05. The van der Waals surface area contributed by atoms with Gasteiger partial charge in [-0.2, -0.15) is 10.4 Å². The average molecular weight is 221 g/mol. The SMILES string of the molecule is CC(C)C(C#N)C(=O)N(C)Cc1ncn[nH]1. The Kier molecular flexibility index (Phi) is 4.00. The molecule has 6 heteroatoms. The molecule has 1 amide bonds. The minimum absolute atomic E-state index is 0.00896. The Bertz CT molecular complexity index is 378. The van der Waals surface area contributed by atoms with Gasteiger partial charge in [-0.3, -0.25) is 9.89 Å². The van der Waals surface area contributed by atoms with Crippen molar-refractivity contribution in [2.45, 2.75) is 20.4 Å². The maximum Gasteiger partial charge on any atom is 0.240 e. The van der Waals surface area contributed by atoms with E-state index in [4.69, 9.17) is 5.26 Å². The van der Waals surface area contributed by atoms with Crippen LogP contribution in [-0.2, 0) is 11.3 Å². The van der Waals surface area contributed by atoms with Crippen molar-refractivity contribution in [1.29, 1.82) is 5.26 Å². The molecule has 0 fully saturated rings. The first-order chi connectivity index (χ1) is 7.56. The molecule has 0 aliphatic heterocycles. The van der Waals surface area contributed by atoms with Crippen molar-refractivity contribution in [2.75, 3.05) is 7.05 Å². The van der Waals surface area contributed by atoms with E-state index in [1.54, 1.807) is 7.05 Å². The van der Waals surface area contributed by atoms with Gasteiger partial charge >= 0.3 is 0 Å². The van der Waals surface area contributed by atoms with E-state index in [0.29, 0.717) is 12.4 Å². The number of amides is 1. The predicted molar refractivity (Wildman–Crippen MR) is 56.8 cm³/mol. The molecule has 0 saturated carbocycles. The zero-order valence-corrected chi connectivity index (χ0v) is 9.64. The molecule has 1 unspecified atom stereocenters. The van der Waals surface area contributed by atoms with Crippen molar-refractivity contribution in [3.63, 3.8) is 0 Å². The van der Waals surface area contributed by atoms with Gasteiger partial charge in [0.15, 0.2) is 0 Å². The van der Waals surface area contributed by atoms with Crippen LogP contribution in [-0.4, -0.2) is 33.0 Å². The second-order valence-corrected chi connectivity index (χ2v) is 3.98. The minimum atomic E-state index is -0.604. The van der Waals surface area contributed by atoms with Crippen LogP contribution in [0.15, 0.2) is 6.33 Å². The number of hydrogen-bond donors (Lipinski definition) is 1. The van der Waals surface area contributed by atoms with Crippen molar-refractivity contribution in [2.24, 2.45) is 11.8 Å². The lowest BCUT2D eigenvalue weighted by atomic mass is 9.96. The first kappa shape index (κ1) is 12.2. The molecule has 0 bridgehead atoms. The molecule has 0 radical (unpaired) electrons. The molecule has 86 valence electrons. The quantitative estimate of drug-likeness (QED) is 0.804. The van der Waals surface area contributed by atoms with Crippen LogP contribution in [0.4, 0.5) is 0 Å². The number of aromatic amines is 1. The van der Waals surface area contributed by atoms with Crippen LogP contribution in [0, 0.1) is 23.2 Å². The Morgan fingerprint density at radius 1 is 1.69 bits per heavy atom. The van der Waals surface area contributed by atoms with Crippen LogP contribution in [0.25, 0.3) is 0 Å². The minimum Gasteiger partial charge on any atom is -0.337 e. The van der Waals surface area contributed by atoms with Crippen LogP contribution >= 0.6 is 0 Å². The van der Waals surface area contributed by atoms with Crippen molar-refractivity contribution in [1.82, 2.24) is 20.1 Å². The molecule has 0 aliphatic rings. The van der Waals surface area contributed by atoms with Gasteiger partial charge in [0.25, 0.3) is 0 Å². The number of aromatic nitrogens is 3. The third-order valence-electron chi connectivity index (χ3n) is 2.30. The van der Waals surface area contributed by atoms with Gasteiger partial charge in [-0.25, -0.2) is 4.98 Å². The van der Waals surface area contributed by atoms with Crippen molar-refractivity contribution in [3.05, 3.63) is 12.2 Å². The number of carbonyl (C=O) groups excluding carboxylic acids is 1. The van der Waals surface area contributed by atoms with Crippen LogP contribution in [0.3, 0.4) is 0 Å². The highest BCUT2D eigenvalue weighted by Gasteiger charge is 2.25. The zero-order valence-electron chi connectivity index (χ0n) is 9.64. The summed E-state index contributed by atoms with van der Waals surface area (Å²) in [4.78, 5) is 17.3. The highest BCUT2D eigenvalue weighted by Crippen LogP contribution is 2.13. The van der Waals surface area contributed by atoms with E-state index in [9.17, 15) is 4.79 Å². The average Bonchev–Trinajstić information content (AvgIpc) is 2.70. The number of nitrogens with zero attached hydrogens (tertiary/aromatic N) is 4. The molecule has 1 aromatic heterocycles. The lowest BCUT2D eigenvalue weighted by Crippen LogP contribution is -2.34. The van der Waals surface area contributed by atoms with Crippen molar-refractivity contribution in [3.8, 4) is 6.07 Å². The topological polar surface area (TPSA) is 85.7 Å². The summed E-state index contributed by atoms with van der Waals surface area (Å²) in [7, 11) is 1.65. The Labute approximate surface area is 94.3 Å². The van der Waals surface area contributed by atoms with Crippen LogP contribution in [0.1, 0.15) is 19.7 Å². The van der Waals surface area contributed by atoms with Crippen LogP contribution in [0.2, 0.25) is 0 Å². The fourth-order valence-corrected chi connectivity index (χ4v) is 1.34. The normalized spacial score (nSPS) is 12.2. The third kappa shape index (κ3) is 2.79. The van der Waals surface area contributed by atoms with Gasteiger partial charge < -0.3 is 4.90 Å². The highest BCUT2D eigenvalue weighted by molar-refractivity contribution is 5.81. The lowest BCUT2D eigenvalue weighted by Gasteiger charge is -2.20. The maximum atomic E-state index is 11.9. The fraction of sp³-hybridized carbons (Fsp3) is 0.600. The summed E-state index contributed by atoms with van der Waals surface area (Å²) in [5, 5.41) is 15.3. The molecule has 1 rings (SSSR count). The van der Waals surface area contributed by atoms with Gasteiger partial charge in [0.1, 0.15) is 18.1 Å². The summed E-state index contributed by atoms with van der Waals surface area (Å²) in [5.74, 6) is -0.173. The fourth-order valence-electron chi connectivity index (χ4n) is 1.34. The number of nitriles is 1. The standard InChI is InChI=1S/C10H15N5O/c1-7(2)8(4-11)10(16)15(3)5-9-12-6-13-14-9/h6-8H,5H2,1-3H3,(H,12,13,14). The number of hydrogen-bond acceptors (Lipinski definition) is 4. The van der Waals surface area contributed by atoms with Crippen LogP contribution in [0.5, 0.6) is 0 Å². The molecule has 1 aromatic rings. The van der Waals surface area contributed by atoms with Gasteiger partial charge in [0.05, 0.1) is 12.6 Å². The van der Waals surface area contributed by atoms with E-state index >= 15 is 0 Å². The summed E-state index contributed by atoms with van der Waals surface area (Å²) in [5.41, 5.74) is 0. The molecule has 16 heavy (non-hydrogen) atoms. The number of carbonyl (C=O) groups is 1. The van der Waals surface area contributed by atoms with Gasteiger partial charge in [-0.1, -0.05) is 13.8 Å². The van der Waals surface area contributed by atoms with E-state index in [2.05, 4.69) is 15.2 Å². The summed E-state index contributed by atoms with van der Waals surface area (Å²) < 4.78 is 0. The second kappa shape index (κ2) is 5.26. The Hall–Kier alpha value is -1.90. The monoisotopic (exact) mass is 221 g/mol. The molecule has 1 heterocycles. The molecular formula is C10H15N5O. The van der Waals surface area contributed by atoms with Crippen LogP contribution < -0.4 is 0 Å². The smallest absolute Gasteiger partial charge is 0.240 e. The first-order valence-electron chi connectivity index (χ1n) is 5.05.